The molecule has 1 aliphatic rings. The van der Waals surface area contributed by atoms with Crippen molar-refractivity contribution in [3.63, 3.8) is 0 Å². The summed E-state index contributed by atoms with van der Waals surface area (Å²) < 4.78 is 22.9. The van der Waals surface area contributed by atoms with E-state index in [0.29, 0.717) is 12.8 Å². The Kier molecular flexibility index (Phi) is 4.40. The number of sulfone groups is 1. The van der Waals surface area contributed by atoms with E-state index in [1.165, 1.54) is 0 Å². The van der Waals surface area contributed by atoms with E-state index in [1.54, 1.807) is 6.92 Å². The fraction of sp³-hybridized carbons (Fsp3) is 0.909. The van der Waals surface area contributed by atoms with Gasteiger partial charge in [0.15, 0.2) is 9.84 Å². The number of nitrogens with zero attached hydrogens (tertiary/aromatic N) is 1. The molecule has 7 heteroatoms. The molecule has 1 saturated heterocycles. The third-order valence-corrected chi connectivity index (χ3v) is 5.51. The van der Waals surface area contributed by atoms with Crippen molar-refractivity contribution in [3.05, 3.63) is 0 Å². The summed E-state index contributed by atoms with van der Waals surface area (Å²) in [5.74, 6) is -0.113. The highest BCUT2D eigenvalue weighted by atomic mass is 32.2. The Bertz CT molecular complexity index is 419. The maximum atomic E-state index is 11.4. The Labute approximate surface area is 109 Å². The fourth-order valence-corrected chi connectivity index (χ4v) is 4.10. The van der Waals surface area contributed by atoms with Crippen LogP contribution in [0.1, 0.15) is 26.7 Å². The summed E-state index contributed by atoms with van der Waals surface area (Å²) in [6, 6.07) is 0.0134. The average molecular weight is 277 g/mol. The minimum atomic E-state index is -2.90. The number of nitrogens with two attached hydrogens (primary N) is 2. The highest BCUT2D eigenvalue weighted by molar-refractivity contribution is 7.91. The number of rotatable bonds is 5. The van der Waals surface area contributed by atoms with E-state index in [0.717, 1.165) is 0 Å². The van der Waals surface area contributed by atoms with Crippen LogP contribution in [0.15, 0.2) is 0 Å². The molecule has 18 heavy (non-hydrogen) atoms. The van der Waals surface area contributed by atoms with E-state index in [9.17, 15) is 13.2 Å². The SMILES string of the molecule is CC(CC(C)(N)C(N)=O)N(C)C1CCS(=O)(=O)C1. The summed E-state index contributed by atoms with van der Waals surface area (Å²) >= 11 is 0. The molecule has 0 aromatic rings. The van der Waals surface area contributed by atoms with Gasteiger partial charge in [0.1, 0.15) is 0 Å². The summed E-state index contributed by atoms with van der Waals surface area (Å²) in [5.41, 5.74) is 10.0. The van der Waals surface area contributed by atoms with Crippen LogP contribution in [0.5, 0.6) is 0 Å². The van der Waals surface area contributed by atoms with Gasteiger partial charge in [0, 0.05) is 12.1 Å². The molecule has 1 heterocycles. The van der Waals surface area contributed by atoms with Crippen LogP contribution in [0.4, 0.5) is 0 Å². The largest absolute Gasteiger partial charge is 0.368 e. The zero-order chi connectivity index (χ0) is 14.1. The van der Waals surface area contributed by atoms with E-state index in [4.69, 9.17) is 11.5 Å². The van der Waals surface area contributed by atoms with Crippen LogP contribution >= 0.6 is 0 Å². The van der Waals surface area contributed by atoms with E-state index in [2.05, 4.69) is 0 Å². The number of hydrogen-bond donors (Lipinski definition) is 2. The third kappa shape index (κ3) is 3.66. The van der Waals surface area contributed by atoms with Crippen molar-refractivity contribution in [1.82, 2.24) is 4.90 Å². The first-order valence-corrected chi connectivity index (χ1v) is 7.88. The average Bonchev–Trinajstić information content (AvgIpc) is 2.56. The molecule has 0 saturated carbocycles. The Morgan fingerprint density at radius 1 is 1.56 bits per heavy atom. The standard InChI is InChI=1S/C11H23N3O3S/c1-8(6-11(2,13)10(12)15)14(3)9-4-5-18(16,17)7-9/h8-9H,4-7,13H2,1-3H3,(H2,12,15). The predicted octanol–water partition coefficient (Wildman–Crippen LogP) is -0.913. The van der Waals surface area contributed by atoms with Gasteiger partial charge in [-0.3, -0.25) is 9.69 Å². The second-order valence-corrected chi connectivity index (χ2v) is 7.79. The van der Waals surface area contributed by atoms with Gasteiger partial charge in [-0.05, 0) is 33.7 Å². The fourth-order valence-electron chi connectivity index (χ4n) is 2.31. The van der Waals surface area contributed by atoms with Crippen molar-refractivity contribution in [3.8, 4) is 0 Å². The van der Waals surface area contributed by atoms with Crippen molar-refractivity contribution in [2.75, 3.05) is 18.6 Å². The molecule has 1 fully saturated rings. The number of amides is 1. The van der Waals surface area contributed by atoms with Crippen LogP contribution < -0.4 is 11.5 Å². The minimum absolute atomic E-state index is 0.00537. The molecule has 6 nitrogen and oxygen atoms in total. The molecule has 0 bridgehead atoms. The lowest BCUT2D eigenvalue weighted by molar-refractivity contribution is -0.123. The van der Waals surface area contributed by atoms with Gasteiger partial charge in [-0.2, -0.15) is 0 Å². The zero-order valence-electron chi connectivity index (χ0n) is 11.2. The molecule has 1 rings (SSSR count). The highest BCUT2D eigenvalue weighted by Gasteiger charge is 2.35. The van der Waals surface area contributed by atoms with E-state index < -0.39 is 21.3 Å². The molecule has 3 unspecified atom stereocenters. The minimum Gasteiger partial charge on any atom is -0.368 e. The number of carbonyl (C=O) groups excluding carboxylic acids is 1. The second kappa shape index (κ2) is 5.14. The number of hydrogen-bond acceptors (Lipinski definition) is 5. The van der Waals surface area contributed by atoms with Crippen LogP contribution in [0.2, 0.25) is 0 Å². The lowest BCUT2D eigenvalue weighted by Gasteiger charge is -2.34. The third-order valence-electron chi connectivity index (χ3n) is 3.76. The Morgan fingerprint density at radius 2 is 2.11 bits per heavy atom. The van der Waals surface area contributed by atoms with Crippen molar-refractivity contribution in [2.45, 2.75) is 44.3 Å². The number of carbonyl (C=O) groups is 1. The Balaban J connectivity index is 2.63. The van der Waals surface area contributed by atoms with E-state index >= 15 is 0 Å². The van der Waals surface area contributed by atoms with Crippen molar-refractivity contribution in [1.29, 1.82) is 0 Å². The first-order chi connectivity index (χ1) is 8.05. The van der Waals surface area contributed by atoms with Gasteiger partial charge in [-0.1, -0.05) is 0 Å². The topological polar surface area (TPSA) is 106 Å². The maximum Gasteiger partial charge on any atom is 0.237 e. The molecule has 0 aromatic heterocycles. The van der Waals surface area contributed by atoms with Gasteiger partial charge in [0.25, 0.3) is 0 Å². The van der Waals surface area contributed by atoms with Crippen LogP contribution in [-0.2, 0) is 14.6 Å². The molecular formula is C11H23N3O3S. The molecule has 0 aliphatic carbocycles. The summed E-state index contributed by atoms with van der Waals surface area (Å²) in [5, 5.41) is 0. The molecule has 3 atom stereocenters. The molecule has 4 N–H and O–H groups in total. The van der Waals surface area contributed by atoms with Gasteiger partial charge in [0.2, 0.25) is 5.91 Å². The highest BCUT2D eigenvalue weighted by Crippen LogP contribution is 2.21. The zero-order valence-corrected chi connectivity index (χ0v) is 12.0. The summed E-state index contributed by atoms with van der Waals surface area (Å²) in [4.78, 5) is 13.2. The van der Waals surface area contributed by atoms with Gasteiger partial charge < -0.3 is 11.5 Å². The molecular weight excluding hydrogens is 254 g/mol. The molecule has 0 aromatic carbocycles. The molecule has 1 amide bonds. The maximum absolute atomic E-state index is 11.4. The molecule has 1 aliphatic heterocycles. The summed E-state index contributed by atoms with van der Waals surface area (Å²) in [6.07, 6.45) is 1.05. The van der Waals surface area contributed by atoms with E-state index in [1.807, 2.05) is 18.9 Å². The smallest absolute Gasteiger partial charge is 0.237 e. The van der Waals surface area contributed by atoms with Crippen LogP contribution in [0, 0.1) is 0 Å². The van der Waals surface area contributed by atoms with E-state index in [-0.39, 0.29) is 23.6 Å². The van der Waals surface area contributed by atoms with Crippen LogP contribution in [0.3, 0.4) is 0 Å². The van der Waals surface area contributed by atoms with Gasteiger partial charge >= 0.3 is 0 Å². The summed E-state index contributed by atoms with van der Waals surface area (Å²) in [6.45, 7) is 3.53. The molecule has 0 radical (unpaired) electrons. The first-order valence-electron chi connectivity index (χ1n) is 6.06. The van der Waals surface area contributed by atoms with Gasteiger partial charge in [-0.25, -0.2) is 8.42 Å². The van der Waals surface area contributed by atoms with Crippen LogP contribution in [0.25, 0.3) is 0 Å². The second-order valence-electron chi connectivity index (χ2n) is 5.56. The Hall–Kier alpha value is -0.660. The normalized spacial score (nSPS) is 27.9. The monoisotopic (exact) mass is 277 g/mol. The van der Waals surface area contributed by atoms with Crippen molar-refractivity contribution in [2.24, 2.45) is 11.5 Å². The predicted molar refractivity (Wildman–Crippen MR) is 70.7 cm³/mol. The van der Waals surface area contributed by atoms with Gasteiger partial charge in [0.05, 0.1) is 17.0 Å². The quantitative estimate of drug-likeness (QED) is 0.676. The van der Waals surface area contributed by atoms with Crippen molar-refractivity contribution >= 4 is 15.7 Å². The first kappa shape index (κ1) is 15.4. The van der Waals surface area contributed by atoms with Gasteiger partial charge in [-0.15, -0.1) is 0 Å². The lowest BCUT2D eigenvalue weighted by Crippen LogP contribution is -2.54. The summed E-state index contributed by atoms with van der Waals surface area (Å²) in [7, 11) is -1.03. The lowest BCUT2D eigenvalue weighted by atomic mass is 9.93. The number of primary amides is 1. The Morgan fingerprint density at radius 3 is 2.50 bits per heavy atom. The van der Waals surface area contributed by atoms with Crippen molar-refractivity contribution < 1.29 is 13.2 Å². The molecule has 106 valence electrons. The van der Waals surface area contributed by atoms with Crippen LogP contribution in [-0.4, -0.2) is 55.4 Å². The molecule has 0 spiro atoms.